The monoisotopic (exact) mass is 236 g/mol. The lowest BCUT2D eigenvalue weighted by Gasteiger charge is -2.10. The molecule has 0 aliphatic rings. The molecule has 86 valence electrons. The molecule has 1 rings (SSSR count). The van der Waals surface area contributed by atoms with Gasteiger partial charge < -0.3 is 0 Å². The van der Waals surface area contributed by atoms with Crippen LogP contribution in [0.1, 0.15) is 23.2 Å². The smallest absolute Gasteiger partial charge is 0.251 e. The van der Waals surface area contributed by atoms with Gasteiger partial charge in [0.1, 0.15) is 5.69 Å². The fraction of sp³-hybridized carbons (Fsp3) is 0.333. The van der Waals surface area contributed by atoms with Crippen LogP contribution in [0.3, 0.4) is 0 Å². The molecule has 0 saturated heterocycles. The predicted molar refractivity (Wildman–Crippen MR) is 43.5 cm³/mol. The van der Waals surface area contributed by atoms with Gasteiger partial charge in [0.05, 0.1) is 12.5 Å². The molecule has 0 radical (unpaired) electrons. The van der Waals surface area contributed by atoms with E-state index in [1.807, 2.05) is 0 Å². The number of hydrogen-bond acceptors (Lipinski definition) is 2. The van der Waals surface area contributed by atoms with Crippen molar-refractivity contribution < 1.29 is 22.0 Å². The molecule has 16 heavy (non-hydrogen) atoms. The van der Waals surface area contributed by atoms with Crippen molar-refractivity contribution >= 4 is 0 Å². The van der Waals surface area contributed by atoms with E-state index in [1.54, 1.807) is 0 Å². The average Bonchev–Trinajstić information content (AvgIpc) is 2.16. The first-order valence-electron chi connectivity index (χ1n) is 4.07. The van der Waals surface area contributed by atoms with E-state index < -0.39 is 30.3 Å². The molecule has 0 fully saturated rings. The van der Waals surface area contributed by atoms with Gasteiger partial charge in [0.15, 0.2) is 0 Å². The Hall–Kier alpha value is -1.71. The molecule has 0 N–H and O–H groups in total. The lowest BCUT2D eigenvalue weighted by Crippen LogP contribution is -2.10. The minimum atomic E-state index is -4.70. The van der Waals surface area contributed by atoms with Gasteiger partial charge in [-0.15, -0.1) is 0 Å². The van der Waals surface area contributed by atoms with Gasteiger partial charge in [0.2, 0.25) is 0 Å². The molecule has 0 aliphatic heterocycles. The zero-order valence-electron chi connectivity index (χ0n) is 7.72. The van der Waals surface area contributed by atoms with Crippen LogP contribution in [0.25, 0.3) is 0 Å². The number of alkyl halides is 5. The fourth-order valence-electron chi connectivity index (χ4n) is 1.10. The molecule has 0 spiro atoms. The summed E-state index contributed by atoms with van der Waals surface area (Å²) in [5.41, 5.74) is -2.27. The van der Waals surface area contributed by atoms with Crippen molar-refractivity contribution in [2.45, 2.75) is 19.0 Å². The Kier molecular flexibility index (Phi) is 3.42. The maximum absolute atomic E-state index is 12.3. The van der Waals surface area contributed by atoms with Gasteiger partial charge in [0.25, 0.3) is 6.43 Å². The third kappa shape index (κ3) is 2.66. The largest absolute Gasteiger partial charge is 0.433 e. The van der Waals surface area contributed by atoms with E-state index in [1.165, 1.54) is 6.07 Å². The highest BCUT2D eigenvalue weighted by Crippen LogP contribution is 2.31. The van der Waals surface area contributed by atoms with E-state index in [2.05, 4.69) is 4.98 Å². The number of nitriles is 1. The van der Waals surface area contributed by atoms with Crippen LogP contribution in [0.2, 0.25) is 0 Å². The van der Waals surface area contributed by atoms with Crippen LogP contribution in [-0.4, -0.2) is 4.98 Å². The zero-order valence-corrected chi connectivity index (χ0v) is 7.72. The number of aromatic nitrogens is 1. The van der Waals surface area contributed by atoms with Crippen molar-refractivity contribution in [1.82, 2.24) is 4.98 Å². The maximum Gasteiger partial charge on any atom is 0.433 e. The summed E-state index contributed by atoms with van der Waals surface area (Å²) >= 11 is 0. The Morgan fingerprint density at radius 1 is 1.38 bits per heavy atom. The van der Waals surface area contributed by atoms with Gasteiger partial charge in [-0.3, -0.25) is 4.98 Å². The van der Waals surface area contributed by atoms with Crippen molar-refractivity contribution in [3.63, 3.8) is 0 Å². The summed E-state index contributed by atoms with van der Waals surface area (Å²) in [7, 11) is 0. The summed E-state index contributed by atoms with van der Waals surface area (Å²) in [6.45, 7) is 0. The highest BCUT2D eigenvalue weighted by molar-refractivity contribution is 5.31. The number of halogens is 5. The number of rotatable bonds is 2. The second kappa shape index (κ2) is 4.43. The molecule has 0 saturated carbocycles. The van der Waals surface area contributed by atoms with E-state index in [4.69, 9.17) is 5.26 Å². The molecule has 0 atom stereocenters. The molecule has 2 nitrogen and oxygen atoms in total. The van der Waals surface area contributed by atoms with Crippen LogP contribution in [0, 0.1) is 11.3 Å². The van der Waals surface area contributed by atoms with E-state index in [0.717, 1.165) is 0 Å². The van der Waals surface area contributed by atoms with Gasteiger partial charge in [-0.1, -0.05) is 0 Å². The van der Waals surface area contributed by atoms with Gasteiger partial charge in [-0.05, 0) is 11.6 Å². The first-order chi connectivity index (χ1) is 7.36. The standard InChI is InChI=1S/C9H5F5N2/c10-8(11)6-4-16-7(9(12,13)14)3-5(6)1-2-15/h3-4,8H,1H2. The highest BCUT2D eigenvalue weighted by atomic mass is 19.4. The molecule has 0 aromatic carbocycles. The maximum atomic E-state index is 12.3. The topological polar surface area (TPSA) is 36.7 Å². The Morgan fingerprint density at radius 3 is 2.44 bits per heavy atom. The van der Waals surface area contributed by atoms with E-state index in [-0.39, 0.29) is 5.56 Å². The predicted octanol–water partition coefficient (Wildman–Crippen LogP) is 3.10. The van der Waals surface area contributed by atoms with Crippen LogP contribution in [0.4, 0.5) is 22.0 Å². The van der Waals surface area contributed by atoms with Crippen molar-refractivity contribution in [3.8, 4) is 6.07 Å². The van der Waals surface area contributed by atoms with Crippen LogP contribution in [-0.2, 0) is 12.6 Å². The van der Waals surface area contributed by atoms with Gasteiger partial charge in [-0.2, -0.15) is 18.4 Å². The van der Waals surface area contributed by atoms with Gasteiger partial charge in [-0.25, -0.2) is 8.78 Å². The third-order valence-corrected chi connectivity index (χ3v) is 1.82. The Bertz CT molecular complexity index is 419. The summed E-state index contributed by atoms with van der Waals surface area (Å²) < 4.78 is 61.3. The quantitative estimate of drug-likeness (QED) is 0.740. The normalized spacial score (nSPS) is 11.6. The van der Waals surface area contributed by atoms with Crippen molar-refractivity contribution in [2.24, 2.45) is 0 Å². The number of hydrogen-bond donors (Lipinski definition) is 0. The molecule has 0 unspecified atom stereocenters. The molecule has 0 amide bonds. The van der Waals surface area contributed by atoms with Gasteiger partial charge >= 0.3 is 6.18 Å². The molecule has 0 aliphatic carbocycles. The van der Waals surface area contributed by atoms with Crippen molar-refractivity contribution in [2.75, 3.05) is 0 Å². The average molecular weight is 236 g/mol. The van der Waals surface area contributed by atoms with Crippen LogP contribution in [0.5, 0.6) is 0 Å². The van der Waals surface area contributed by atoms with E-state index >= 15 is 0 Å². The molecular formula is C9H5F5N2. The first-order valence-corrected chi connectivity index (χ1v) is 4.07. The summed E-state index contributed by atoms with van der Waals surface area (Å²) in [5, 5.41) is 8.32. The van der Waals surface area contributed by atoms with Crippen molar-refractivity contribution in [1.29, 1.82) is 5.26 Å². The fourth-order valence-corrected chi connectivity index (χ4v) is 1.10. The highest BCUT2D eigenvalue weighted by Gasteiger charge is 2.33. The SMILES string of the molecule is N#CCc1cc(C(F)(F)F)ncc1C(F)F. The number of pyridine rings is 1. The minimum absolute atomic E-state index is 0.347. The summed E-state index contributed by atoms with van der Waals surface area (Å²) in [6, 6.07) is 2.01. The minimum Gasteiger partial charge on any atom is -0.251 e. The molecule has 1 aromatic rings. The second-order valence-corrected chi connectivity index (χ2v) is 2.90. The molecular weight excluding hydrogens is 231 g/mol. The van der Waals surface area contributed by atoms with Crippen LogP contribution in [0.15, 0.2) is 12.3 Å². The van der Waals surface area contributed by atoms with Crippen LogP contribution >= 0.6 is 0 Å². The lowest BCUT2D eigenvalue weighted by molar-refractivity contribution is -0.141. The molecule has 1 heterocycles. The molecule has 0 bridgehead atoms. The molecule has 1 aromatic heterocycles. The zero-order chi connectivity index (χ0) is 12.3. The lowest BCUT2D eigenvalue weighted by atomic mass is 10.1. The summed E-state index contributed by atoms with van der Waals surface area (Å²) in [5.74, 6) is 0. The van der Waals surface area contributed by atoms with Gasteiger partial charge in [0, 0.05) is 11.8 Å². The summed E-state index contributed by atoms with van der Waals surface area (Å²) in [6.07, 6.45) is -7.70. The van der Waals surface area contributed by atoms with Crippen LogP contribution < -0.4 is 0 Å². The Labute approximate surface area is 87.3 Å². The van der Waals surface area contributed by atoms with E-state index in [0.29, 0.717) is 12.3 Å². The Morgan fingerprint density at radius 2 is 2.00 bits per heavy atom. The first kappa shape index (κ1) is 12.4. The summed E-state index contributed by atoms with van der Waals surface area (Å²) in [4.78, 5) is 2.90. The Balaban J connectivity index is 3.24. The van der Waals surface area contributed by atoms with E-state index in [9.17, 15) is 22.0 Å². The molecule has 7 heteroatoms. The third-order valence-electron chi connectivity index (χ3n) is 1.82. The second-order valence-electron chi connectivity index (χ2n) is 2.90. The number of nitrogens with zero attached hydrogens (tertiary/aromatic N) is 2. The van der Waals surface area contributed by atoms with Crippen molar-refractivity contribution in [3.05, 3.63) is 29.1 Å².